The third kappa shape index (κ3) is 3.01. The summed E-state index contributed by atoms with van der Waals surface area (Å²) in [6, 6.07) is 1.64. The van der Waals surface area contributed by atoms with Crippen molar-refractivity contribution in [1.29, 1.82) is 0 Å². The zero-order valence-electron chi connectivity index (χ0n) is 10.6. The van der Waals surface area contributed by atoms with Gasteiger partial charge in [0.25, 0.3) is 0 Å². The summed E-state index contributed by atoms with van der Waals surface area (Å²) in [5.41, 5.74) is -0.467. The van der Waals surface area contributed by atoms with Gasteiger partial charge in [0.05, 0.1) is 12.7 Å². The van der Waals surface area contributed by atoms with Crippen LogP contribution in [0.3, 0.4) is 0 Å². The van der Waals surface area contributed by atoms with Crippen molar-refractivity contribution in [2.75, 3.05) is 11.9 Å². The van der Waals surface area contributed by atoms with Crippen molar-refractivity contribution < 1.29 is 14.9 Å². The number of aromatic nitrogens is 2. The highest BCUT2D eigenvalue weighted by molar-refractivity contribution is 5.35. The lowest BCUT2D eigenvalue weighted by molar-refractivity contribution is -0.0458. The topological polar surface area (TPSA) is 96.6 Å². The van der Waals surface area contributed by atoms with E-state index < -0.39 is 24.1 Å². The van der Waals surface area contributed by atoms with Gasteiger partial charge in [0.2, 0.25) is 0 Å². The van der Waals surface area contributed by atoms with Crippen LogP contribution in [0.4, 0.5) is 5.82 Å². The van der Waals surface area contributed by atoms with Gasteiger partial charge in [0.1, 0.15) is 18.1 Å². The van der Waals surface area contributed by atoms with E-state index in [1.165, 1.54) is 4.57 Å². The first-order valence-corrected chi connectivity index (χ1v) is 6.07. The smallest absolute Gasteiger partial charge is 0.351 e. The van der Waals surface area contributed by atoms with E-state index in [1.807, 2.05) is 6.92 Å². The van der Waals surface area contributed by atoms with Crippen molar-refractivity contribution in [3.05, 3.63) is 35.0 Å². The molecular formula is C12H17N3O4. The summed E-state index contributed by atoms with van der Waals surface area (Å²) in [7, 11) is 0. The molecule has 104 valence electrons. The van der Waals surface area contributed by atoms with E-state index in [-0.39, 0.29) is 13.0 Å². The lowest BCUT2D eigenvalue weighted by Gasteiger charge is -2.14. The number of hydrogen-bond acceptors (Lipinski definition) is 6. The van der Waals surface area contributed by atoms with Crippen LogP contribution in [0.5, 0.6) is 0 Å². The van der Waals surface area contributed by atoms with Crippen LogP contribution < -0.4 is 11.0 Å². The van der Waals surface area contributed by atoms with E-state index in [0.29, 0.717) is 5.82 Å². The zero-order valence-corrected chi connectivity index (χ0v) is 10.6. The molecule has 19 heavy (non-hydrogen) atoms. The Balaban J connectivity index is 2.16. The van der Waals surface area contributed by atoms with Crippen molar-refractivity contribution in [1.82, 2.24) is 9.55 Å². The first-order chi connectivity index (χ1) is 9.15. The molecule has 0 unspecified atom stereocenters. The molecule has 0 aromatic carbocycles. The maximum Gasteiger partial charge on any atom is 0.351 e. The summed E-state index contributed by atoms with van der Waals surface area (Å²) < 4.78 is 6.70. The highest BCUT2D eigenvalue weighted by atomic mass is 16.5. The van der Waals surface area contributed by atoms with Gasteiger partial charge in [-0.15, -0.1) is 0 Å². The highest BCUT2D eigenvalue weighted by Crippen LogP contribution is 2.27. The van der Waals surface area contributed by atoms with Crippen LogP contribution in [0.15, 0.2) is 29.3 Å². The monoisotopic (exact) mass is 267 g/mol. The summed E-state index contributed by atoms with van der Waals surface area (Å²) >= 11 is 0. The highest BCUT2D eigenvalue weighted by Gasteiger charge is 2.34. The molecule has 1 aliphatic rings. The summed E-state index contributed by atoms with van der Waals surface area (Å²) in [4.78, 5) is 15.7. The molecule has 0 aliphatic carbocycles. The standard InChI is InChI=1S/C12H17N3O4/c1-2-4-13-10-3-5-15(12(18)14-10)11-6-8(17)9(7-16)19-11/h2-5,8-9,11,16-17H,6-7H2,1H3,(H,13,14,18)/b4-2-/t8-,9+,11+/m0/s1. The first-order valence-electron chi connectivity index (χ1n) is 6.07. The number of nitrogens with zero attached hydrogens (tertiary/aromatic N) is 2. The van der Waals surface area contributed by atoms with Gasteiger partial charge in [-0.05, 0) is 19.2 Å². The van der Waals surface area contributed by atoms with Crippen LogP contribution in [0, 0.1) is 0 Å². The molecule has 1 saturated heterocycles. The van der Waals surface area contributed by atoms with Crippen LogP contribution in [0.2, 0.25) is 0 Å². The van der Waals surface area contributed by atoms with Gasteiger partial charge in [0, 0.05) is 12.6 Å². The van der Waals surface area contributed by atoms with Gasteiger partial charge < -0.3 is 20.3 Å². The molecule has 2 heterocycles. The van der Waals surface area contributed by atoms with E-state index in [1.54, 1.807) is 24.5 Å². The van der Waals surface area contributed by atoms with E-state index in [0.717, 1.165) is 0 Å². The van der Waals surface area contributed by atoms with Gasteiger partial charge in [-0.3, -0.25) is 4.57 Å². The number of aliphatic hydroxyl groups is 2. The fourth-order valence-electron chi connectivity index (χ4n) is 1.93. The van der Waals surface area contributed by atoms with Gasteiger partial charge >= 0.3 is 5.69 Å². The maximum absolute atomic E-state index is 11.9. The fourth-order valence-corrected chi connectivity index (χ4v) is 1.93. The number of anilines is 1. The van der Waals surface area contributed by atoms with Crippen molar-refractivity contribution in [3.8, 4) is 0 Å². The predicted molar refractivity (Wildman–Crippen MR) is 68.6 cm³/mol. The normalized spacial score (nSPS) is 27.0. The Morgan fingerprint density at radius 1 is 1.68 bits per heavy atom. The Bertz CT molecular complexity index is 514. The molecule has 0 amide bonds. The Morgan fingerprint density at radius 2 is 2.47 bits per heavy atom. The lowest BCUT2D eigenvalue weighted by atomic mass is 10.2. The van der Waals surface area contributed by atoms with E-state index >= 15 is 0 Å². The molecule has 7 heteroatoms. The number of rotatable bonds is 4. The van der Waals surface area contributed by atoms with E-state index in [9.17, 15) is 9.90 Å². The Hall–Kier alpha value is -1.70. The molecule has 7 nitrogen and oxygen atoms in total. The molecule has 0 bridgehead atoms. The Morgan fingerprint density at radius 3 is 3.05 bits per heavy atom. The summed E-state index contributed by atoms with van der Waals surface area (Å²) in [5.74, 6) is 0.441. The molecule has 3 atom stereocenters. The second-order valence-electron chi connectivity index (χ2n) is 4.26. The van der Waals surface area contributed by atoms with E-state index in [2.05, 4.69) is 10.3 Å². The van der Waals surface area contributed by atoms with Crippen molar-refractivity contribution >= 4 is 5.82 Å². The molecule has 1 fully saturated rings. The molecule has 1 aliphatic heterocycles. The fraction of sp³-hybridized carbons (Fsp3) is 0.500. The third-order valence-electron chi connectivity index (χ3n) is 2.92. The molecular weight excluding hydrogens is 250 g/mol. The first kappa shape index (κ1) is 13.7. The van der Waals surface area contributed by atoms with Crippen molar-refractivity contribution in [2.45, 2.75) is 31.8 Å². The number of allylic oxidation sites excluding steroid dienone is 1. The molecule has 3 N–H and O–H groups in total. The van der Waals surface area contributed by atoms with Crippen LogP contribution in [-0.4, -0.2) is 38.6 Å². The summed E-state index contributed by atoms with van der Waals surface area (Å²) in [5, 5.41) is 21.5. The third-order valence-corrected chi connectivity index (χ3v) is 2.92. The molecule has 0 radical (unpaired) electrons. The van der Waals surface area contributed by atoms with Crippen molar-refractivity contribution in [3.63, 3.8) is 0 Å². The van der Waals surface area contributed by atoms with Crippen molar-refractivity contribution in [2.24, 2.45) is 0 Å². The lowest BCUT2D eigenvalue weighted by Crippen LogP contribution is -2.27. The molecule has 1 aromatic heterocycles. The van der Waals surface area contributed by atoms with Crippen LogP contribution in [0.1, 0.15) is 19.6 Å². The van der Waals surface area contributed by atoms with E-state index in [4.69, 9.17) is 9.84 Å². The average Bonchev–Trinajstić information content (AvgIpc) is 2.77. The average molecular weight is 267 g/mol. The summed E-state index contributed by atoms with van der Waals surface area (Å²) in [6.07, 6.45) is 3.25. The number of ether oxygens (including phenoxy) is 1. The summed E-state index contributed by atoms with van der Waals surface area (Å²) in [6.45, 7) is 1.57. The largest absolute Gasteiger partial charge is 0.394 e. The number of aliphatic hydroxyl groups excluding tert-OH is 2. The maximum atomic E-state index is 11.9. The van der Waals surface area contributed by atoms with Gasteiger partial charge in [-0.25, -0.2) is 4.79 Å². The van der Waals surface area contributed by atoms with Crippen LogP contribution in [-0.2, 0) is 4.74 Å². The van der Waals surface area contributed by atoms with Crippen LogP contribution >= 0.6 is 0 Å². The minimum atomic E-state index is -0.775. The predicted octanol–water partition coefficient (Wildman–Crippen LogP) is -0.171. The SMILES string of the molecule is C/C=C\Nc1ccn([C@H]2C[C@H](O)[C@@H](CO)O2)c(=O)n1. The second kappa shape index (κ2) is 5.96. The van der Waals surface area contributed by atoms with Gasteiger partial charge in [-0.1, -0.05) is 6.08 Å². The molecule has 0 saturated carbocycles. The Kier molecular flexibility index (Phi) is 4.31. The minimum absolute atomic E-state index is 0.258. The Labute approximate surface area is 110 Å². The van der Waals surface area contributed by atoms with Gasteiger partial charge in [0.15, 0.2) is 0 Å². The quantitative estimate of drug-likeness (QED) is 0.701. The molecule has 0 spiro atoms. The second-order valence-corrected chi connectivity index (χ2v) is 4.26. The number of nitrogens with one attached hydrogen (secondary N) is 1. The van der Waals surface area contributed by atoms with Crippen LogP contribution in [0.25, 0.3) is 0 Å². The molecule has 1 aromatic rings. The number of hydrogen-bond donors (Lipinski definition) is 3. The molecule has 2 rings (SSSR count). The van der Waals surface area contributed by atoms with Gasteiger partial charge in [-0.2, -0.15) is 4.98 Å². The minimum Gasteiger partial charge on any atom is -0.394 e. The zero-order chi connectivity index (χ0) is 13.8.